The van der Waals surface area contributed by atoms with Crippen LogP contribution in [0.4, 0.5) is 0 Å². The van der Waals surface area contributed by atoms with E-state index in [4.69, 9.17) is 28.1 Å². The highest BCUT2D eigenvalue weighted by molar-refractivity contribution is 5.86. The Hall–Kier alpha value is -3.51. The third kappa shape index (κ3) is 5.49. The third-order valence-corrected chi connectivity index (χ3v) is 7.11. The number of aromatic hydroxyl groups is 2. The van der Waals surface area contributed by atoms with Crippen molar-refractivity contribution >= 4 is 11.0 Å². The molecule has 15 heteroatoms. The SMILES string of the molecule is COc1cc(-c2cc(=O)c3c(O)cc(O[C@@H]4O[C@H](CO)[C@H](O)[C@H](O)[C@H]4O[C@@H]4O[C@@H](CO)[C@H](O)[C@H]4O)cc3o2)ccc1O. The second-order valence-corrected chi connectivity index (χ2v) is 9.81. The van der Waals surface area contributed by atoms with Crippen LogP contribution in [0.5, 0.6) is 23.0 Å². The second kappa shape index (κ2) is 12.0. The lowest BCUT2D eigenvalue weighted by Gasteiger charge is -2.42. The number of fused-ring (bicyclic) bond motifs is 1. The van der Waals surface area contributed by atoms with Crippen molar-refractivity contribution in [3.63, 3.8) is 0 Å². The highest BCUT2D eigenvalue weighted by Gasteiger charge is 2.51. The van der Waals surface area contributed by atoms with Gasteiger partial charge in [0.2, 0.25) is 6.29 Å². The Morgan fingerprint density at radius 3 is 2.14 bits per heavy atom. The highest BCUT2D eigenvalue weighted by Crippen LogP contribution is 2.36. The van der Waals surface area contributed by atoms with Gasteiger partial charge in [0.1, 0.15) is 64.9 Å². The monoisotopic (exact) mass is 594 g/mol. The first-order chi connectivity index (χ1) is 20.1. The van der Waals surface area contributed by atoms with Crippen LogP contribution in [0.1, 0.15) is 0 Å². The van der Waals surface area contributed by atoms with Gasteiger partial charge < -0.3 is 69.0 Å². The first-order valence-corrected chi connectivity index (χ1v) is 12.8. The van der Waals surface area contributed by atoms with Crippen LogP contribution in [-0.2, 0) is 14.2 Å². The molecule has 2 saturated heterocycles. The smallest absolute Gasteiger partial charge is 0.229 e. The van der Waals surface area contributed by atoms with E-state index in [2.05, 4.69) is 0 Å². The first kappa shape index (κ1) is 30.0. The van der Waals surface area contributed by atoms with Crippen molar-refractivity contribution < 1.29 is 69.0 Å². The minimum atomic E-state index is -1.76. The summed E-state index contributed by atoms with van der Waals surface area (Å²) in [6.07, 6.45) is -13.9. The Morgan fingerprint density at radius 1 is 0.810 bits per heavy atom. The number of hydrogen-bond acceptors (Lipinski definition) is 15. The molecule has 42 heavy (non-hydrogen) atoms. The Morgan fingerprint density at radius 2 is 1.48 bits per heavy atom. The molecule has 0 unspecified atom stereocenters. The van der Waals surface area contributed by atoms with E-state index >= 15 is 0 Å². The molecule has 15 nitrogen and oxygen atoms in total. The van der Waals surface area contributed by atoms with Gasteiger partial charge in [-0.3, -0.25) is 4.79 Å². The summed E-state index contributed by atoms with van der Waals surface area (Å²) in [5, 5.41) is 80.9. The molecule has 3 heterocycles. The van der Waals surface area contributed by atoms with Gasteiger partial charge in [0.15, 0.2) is 29.3 Å². The predicted octanol–water partition coefficient (Wildman–Crippen LogP) is -1.48. The summed E-state index contributed by atoms with van der Waals surface area (Å²) >= 11 is 0. The molecule has 0 saturated carbocycles. The molecule has 2 aromatic carbocycles. The van der Waals surface area contributed by atoms with Crippen LogP contribution in [0, 0.1) is 0 Å². The molecule has 2 aliphatic heterocycles. The van der Waals surface area contributed by atoms with Crippen molar-refractivity contribution in [1.29, 1.82) is 0 Å². The van der Waals surface area contributed by atoms with E-state index in [1.807, 2.05) is 0 Å². The number of aliphatic hydroxyl groups is 6. The summed E-state index contributed by atoms with van der Waals surface area (Å²) in [5.41, 5.74) is -0.337. The fraction of sp³-hybridized carbons (Fsp3) is 0.444. The quantitative estimate of drug-likeness (QED) is 0.148. The minimum Gasteiger partial charge on any atom is -0.507 e. The molecule has 8 N–H and O–H groups in total. The third-order valence-electron chi connectivity index (χ3n) is 7.11. The summed E-state index contributed by atoms with van der Waals surface area (Å²) in [5.74, 6) is -0.608. The number of methoxy groups -OCH3 is 1. The summed E-state index contributed by atoms with van der Waals surface area (Å²) in [6, 6.07) is 7.74. The summed E-state index contributed by atoms with van der Waals surface area (Å²) in [4.78, 5) is 12.9. The number of rotatable bonds is 8. The van der Waals surface area contributed by atoms with Gasteiger partial charge >= 0.3 is 0 Å². The maximum Gasteiger partial charge on any atom is 0.229 e. The molecule has 5 rings (SSSR count). The van der Waals surface area contributed by atoms with Crippen molar-refractivity contribution in [2.45, 2.75) is 55.3 Å². The van der Waals surface area contributed by atoms with Crippen LogP contribution in [0.3, 0.4) is 0 Å². The molecular formula is C27H30O15. The van der Waals surface area contributed by atoms with E-state index in [1.165, 1.54) is 31.4 Å². The van der Waals surface area contributed by atoms with E-state index in [9.17, 15) is 45.6 Å². The molecule has 0 spiro atoms. The normalized spacial score (nSPS) is 31.4. The molecule has 9 atom stereocenters. The molecule has 3 aromatic rings. The number of benzene rings is 2. The zero-order valence-electron chi connectivity index (χ0n) is 22.0. The molecule has 0 amide bonds. The van der Waals surface area contributed by atoms with Gasteiger partial charge in [0.25, 0.3) is 0 Å². The van der Waals surface area contributed by atoms with Crippen molar-refractivity contribution in [2.24, 2.45) is 0 Å². The molecule has 2 aliphatic rings. The largest absolute Gasteiger partial charge is 0.507 e. The Bertz CT molecular complexity index is 1470. The fourth-order valence-electron chi connectivity index (χ4n) is 4.85. The van der Waals surface area contributed by atoms with Crippen LogP contribution in [0.25, 0.3) is 22.3 Å². The van der Waals surface area contributed by atoms with Gasteiger partial charge in [-0.15, -0.1) is 0 Å². The van der Waals surface area contributed by atoms with Crippen molar-refractivity contribution in [2.75, 3.05) is 20.3 Å². The average Bonchev–Trinajstić information content (AvgIpc) is 3.24. The standard InChI is InChI=1S/C27H30O15/c1-37-16-4-10(2-3-12(16)30)15-7-14(32)20-13(31)5-11(6-17(20)39-15)38-27-25(23(35)21(33)18(8-28)41-27)42-26-24(36)22(34)19(9-29)40-26/h2-7,18-19,21-31,33-36H,8-9H2,1H3/t18-,19+,21+,22+,23+,24-,25-,26+,27-/m1/s1. The molecule has 0 radical (unpaired) electrons. The number of aliphatic hydroxyl groups excluding tert-OH is 6. The van der Waals surface area contributed by atoms with Crippen LogP contribution >= 0.6 is 0 Å². The van der Waals surface area contributed by atoms with E-state index in [0.717, 1.165) is 12.1 Å². The van der Waals surface area contributed by atoms with Gasteiger partial charge in [-0.2, -0.15) is 0 Å². The zero-order chi connectivity index (χ0) is 30.3. The lowest BCUT2D eigenvalue weighted by molar-refractivity contribution is -0.320. The average molecular weight is 595 g/mol. The lowest BCUT2D eigenvalue weighted by atomic mass is 9.99. The van der Waals surface area contributed by atoms with Gasteiger partial charge in [-0.25, -0.2) is 0 Å². The van der Waals surface area contributed by atoms with E-state index < -0.39 is 79.7 Å². The van der Waals surface area contributed by atoms with Gasteiger partial charge in [-0.1, -0.05) is 0 Å². The zero-order valence-corrected chi connectivity index (χ0v) is 22.0. The molecule has 0 bridgehead atoms. The van der Waals surface area contributed by atoms with Crippen molar-refractivity contribution in [3.8, 4) is 34.3 Å². The maximum atomic E-state index is 12.9. The van der Waals surface area contributed by atoms with Gasteiger partial charge in [-0.05, 0) is 18.2 Å². The molecule has 1 aromatic heterocycles. The van der Waals surface area contributed by atoms with Crippen LogP contribution in [0.15, 0.2) is 45.6 Å². The van der Waals surface area contributed by atoms with Crippen LogP contribution in [0.2, 0.25) is 0 Å². The molecule has 0 aliphatic carbocycles. The lowest BCUT2D eigenvalue weighted by Crippen LogP contribution is -2.62. The second-order valence-electron chi connectivity index (χ2n) is 9.81. The van der Waals surface area contributed by atoms with E-state index in [-0.39, 0.29) is 34.0 Å². The Labute approximate surface area is 236 Å². The minimum absolute atomic E-state index is 0.0701. The van der Waals surface area contributed by atoms with Crippen molar-refractivity contribution in [3.05, 3.63) is 46.6 Å². The number of hydrogen-bond donors (Lipinski definition) is 8. The predicted molar refractivity (Wildman–Crippen MR) is 139 cm³/mol. The number of phenolic OH excluding ortho intramolecular Hbond substituents is 2. The summed E-state index contributed by atoms with van der Waals surface area (Å²) in [6.45, 7) is -1.37. The number of phenols is 2. The Balaban J connectivity index is 1.48. The van der Waals surface area contributed by atoms with Gasteiger partial charge in [0.05, 0.1) is 20.3 Å². The van der Waals surface area contributed by atoms with Crippen LogP contribution in [-0.4, -0.2) is 116 Å². The van der Waals surface area contributed by atoms with Crippen LogP contribution < -0.4 is 14.9 Å². The van der Waals surface area contributed by atoms with Gasteiger partial charge in [0, 0.05) is 23.8 Å². The van der Waals surface area contributed by atoms with Crippen molar-refractivity contribution in [1.82, 2.24) is 0 Å². The number of ether oxygens (including phenoxy) is 5. The molecular weight excluding hydrogens is 564 g/mol. The summed E-state index contributed by atoms with van der Waals surface area (Å²) in [7, 11) is 1.35. The first-order valence-electron chi connectivity index (χ1n) is 12.8. The molecule has 228 valence electrons. The van der Waals surface area contributed by atoms with E-state index in [0.29, 0.717) is 5.56 Å². The highest BCUT2D eigenvalue weighted by atomic mass is 16.8. The topological polar surface area (TPSA) is 238 Å². The maximum absolute atomic E-state index is 12.9. The molecule has 2 fully saturated rings. The summed E-state index contributed by atoms with van der Waals surface area (Å²) < 4.78 is 33.3. The Kier molecular flexibility index (Phi) is 8.56. The fourth-order valence-corrected chi connectivity index (χ4v) is 4.85. The van der Waals surface area contributed by atoms with E-state index in [1.54, 1.807) is 0 Å².